The molecule has 72 valence electrons. The van der Waals surface area contributed by atoms with Gasteiger partial charge >= 0.3 is 0 Å². The maximum Gasteiger partial charge on any atom is 0.0158 e. The highest BCUT2D eigenvalue weighted by atomic mass is 32.2. The molecule has 0 radical (unpaired) electrons. The lowest BCUT2D eigenvalue weighted by Gasteiger charge is -2.22. The Morgan fingerprint density at radius 3 is 3.00 bits per heavy atom. The maximum absolute atomic E-state index is 3.64. The molecule has 0 aromatic heterocycles. The van der Waals surface area contributed by atoms with Crippen LogP contribution in [0, 0.1) is 0 Å². The fraction of sp³-hybridized carbons (Fsp3) is 1.00. The van der Waals surface area contributed by atoms with Crippen LogP contribution >= 0.6 is 11.8 Å². The predicted octanol–water partition coefficient (Wildman–Crippen LogP) is 2.66. The normalized spacial score (nSPS) is 24.2. The van der Waals surface area contributed by atoms with Crippen LogP contribution in [0.3, 0.4) is 0 Å². The van der Waals surface area contributed by atoms with Gasteiger partial charge in [-0.25, -0.2) is 0 Å². The Kier molecular flexibility index (Phi) is 5.88. The molecule has 0 spiro atoms. The van der Waals surface area contributed by atoms with Crippen LogP contribution in [0.1, 0.15) is 39.0 Å². The van der Waals surface area contributed by atoms with E-state index < -0.39 is 0 Å². The first-order valence-electron chi connectivity index (χ1n) is 5.24. The molecule has 0 saturated carbocycles. The lowest BCUT2D eigenvalue weighted by Crippen LogP contribution is -2.34. The van der Waals surface area contributed by atoms with Crippen molar-refractivity contribution in [2.24, 2.45) is 0 Å². The number of unbranched alkanes of at least 4 members (excludes halogenated alkanes) is 2. The zero-order valence-corrected chi connectivity index (χ0v) is 8.96. The Morgan fingerprint density at radius 1 is 1.42 bits per heavy atom. The molecule has 0 aromatic carbocycles. The standard InChI is InChI=1S/C10H21NS/c1-2-3-4-7-11-10-6-5-8-12-9-10/h10-11H,2-9H2,1H3. The third kappa shape index (κ3) is 4.36. The lowest BCUT2D eigenvalue weighted by atomic mass is 10.2. The Balaban J connectivity index is 1.91. The van der Waals surface area contributed by atoms with Crippen molar-refractivity contribution in [3.05, 3.63) is 0 Å². The summed E-state index contributed by atoms with van der Waals surface area (Å²) in [6, 6.07) is 0.820. The van der Waals surface area contributed by atoms with E-state index in [4.69, 9.17) is 0 Å². The van der Waals surface area contributed by atoms with E-state index in [-0.39, 0.29) is 0 Å². The van der Waals surface area contributed by atoms with Gasteiger partial charge in [0.05, 0.1) is 0 Å². The van der Waals surface area contributed by atoms with Crippen LogP contribution in [0.25, 0.3) is 0 Å². The molecule has 0 aliphatic carbocycles. The second-order valence-electron chi connectivity index (χ2n) is 3.58. The van der Waals surface area contributed by atoms with Gasteiger partial charge in [0.2, 0.25) is 0 Å². The Hall–Kier alpha value is 0.310. The summed E-state index contributed by atoms with van der Waals surface area (Å²) in [7, 11) is 0. The van der Waals surface area contributed by atoms with E-state index in [1.165, 1.54) is 50.2 Å². The van der Waals surface area contributed by atoms with E-state index >= 15 is 0 Å². The van der Waals surface area contributed by atoms with E-state index in [0.29, 0.717) is 0 Å². The lowest BCUT2D eigenvalue weighted by molar-refractivity contribution is 0.494. The highest BCUT2D eigenvalue weighted by molar-refractivity contribution is 7.99. The molecule has 0 amide bonds. The molecule has 1 aliphatic heterocycles. The van der Waals surface area contributed by atoms with Gasteiger partial charge in [-0.3, -0.25) is 0 Å². The summed E-state index contributed by atoms with van der Waals surface area (Å²) < 4.78 is 0. The van der Waals surface area contributed by atoms with Crippen molar-refractivity contribution in [2.75, 3.05) is 18.1 Å². The van der Waals surface area contributed by atoms with E-state index in [2.05, 4.69) is 24.0 Å². The first-order valence-corrected chi connectivity index (χ1v) is 6.40. The van der Waals surface area contributed by atoms with Gasteiger partial charge in [-0.1, -0.05) is 19.8 Å². The van der Waals surface area contributed by atoms with Gasteiger partial charge in [-0.05, 0) is 31.6 Å². The predicted molar refractivity (Wildman–Crippen MR) is 57.9 cm³/mol. The van der Waals surface area contributed by atoms with Gasteiger partial charge < -0.3 is 5.32 Å². The Morgan fingerprint density at radius 2 is 2.33 bits per heavy atom. The number of rotatable bonds is 5. The zero-order valence-electron chi connectivity index (χ0n) is 8.14. The maximum atomic E-state index is 3.64. The highest BCUT2D eigenvalue weighted by Crippen LogP contribution is 2.16. The topological polar surface area (TPSA) is 12.0 Å². The number of hydrogen-bond donors (Lipinski definition) is 1. The second-order valence-corrected chi connectivity index (χ2v) is 4.73. The fourth-order valence-corrected chi connectivity index (χ4v) is 2.69. The van der Waals surface area contributed by atoms with E-state index in [1.807, 2.05) is 0 Å². The third-order valence-corrected chi connectivity index (χ3v) is 3.59. The van der Waals surface area contributed by atoms with Crippen LogP contribution in [0.4, 0.5) is 0 Å². The molecule has 2 heteroatoms. The molecule has 1 nitrogen and oxygen atoms in total. The van der Waals surface area contributed by atoms with Gasteiger partial charge in [-0.15, -0.1) is 0 Å². The monoisotopic (exact) mass is 187 g/mol. The number of nitrogens with one attached hydrogen (secondary N) is 1. The number of hydrogen-bond acceptors (Lipinski definition) is 2. The summed E-state index contributed by atoms with van der Waals surface area (Å²) in [6.45, 7) is 3.50. The summed E-state index contributed by atoms with van der Waals surface area (Å²) in [4.78, 5) is 0. The molecule has 1 heterocycles. The molecule has 1 aliphatic rings. The zero-order chi connectivity index (χ0) is 8.65. The fourth-order valence-electron chi connectivity index (χ4n) is 1.58. The van der Waals surface area contributed by atoms with Crippen LogP contribution in [0.15, 0.2) is 0 Å². The minimum atomic E-state index is 0.820. The summed E-state index contributed by atoms with van der Waals surface area (Å²) in [5.74, 6) is 2.72. The van der Waals surface area contributed by atoms with Crippen LogP contribution < -0.4 is 5.32 Å². The van der Waals surface area contributed by atoms with Gasteiger partial charge in [-0.2, -0.15) is 11.8 Å². The molecule has 1 fully saturated rings. The summed E-state index contributed by atoms with van der Waals surface area (Å²) in [5, 5.41) is 3.64. The van der Waals surface area contributed by atoms with Gasteiger partial charge in [0.25, 0.3) is 0 Å². The van der Waals surface area contributed by atoms with Gasteiger partial charge in [0, 0.05) is 11.8 Å². The van der Waals surface area contributed by atoms with Crippen LogP contribution in [-0.2, 0) is 0 Å². The smallest absolute Gasteiger partial charge is 0.0158 e. The molecule has 1 N–H and O–H groups in total. The average molecular weight is 187 g/mol. The largest absolute Gasteiger partial charge is 0.313 e. The van der Waals surface area contributed by atoms with Crippen molar-refractivity contribution in [1.82, 2.24) is 5.32 Å². The van der Waals surface area contributed by atoms with E-state index in [0.717, 1.165) is 6.04 Å². The number of thioether (sulfide) groups is 1. The average Bonchev–Trinajstić information content (AvgIpc) is 2.14. The molecule has 1 unspecified atom stereocenters. The van der Waals surface area contributed by atoms with E-state index in [9.17, 15) is 0 Å². The molecular formula is C10H21NS. The highest BCUT2D eigenvalue weighted by Gasteiger charge is 2.11. The molecule has 0 aromatic rings. The van der Waals surface area contributed by atoms with Crippen molar-refractivity contribution in [3.63, 3.8) is 0 Å². The van der Waals surface area contributed by atoms with Crippen LogP contribution in [0.2, 0.25) is 0 Å². The Bertz CT molecular complexity index is 100. The minimum absolute atomic E-state index is 0.820. The van der Waals surface area contributed by atoms with Crippen molar-refractivity contribution >= 4 is 11.8 Å². The van der Waals surface area contributed by atoms with Crippen LogP contribution in [0.5, 0.6) is 0 Å². The first-order chi connectivity index (χ1) is 5.93. The van der Waals surface area contributed by atoms with Gasteiger partial charge in [0.1, 0.15) is 0 Å². The van der Waals surface area contributed by atoms with Gasteiger partial charge in [0.15, 0.2) is 0 Å². The molecule has 12 heavy (non-hydrogen) atoms. The summed E-state index contributed by atoms with van der Waals surface area (Å²) >= 11 is 2.10. The molecule has 1 saturated heterocycles. The van der Waals surface area contributed by atoms with E-state index in [1.54, 1.807) is 0 Å². The third-order valence-electron chi connectivity index (χ3n) is 2.37. The van der Waals surface area contributed by atoms with Crippen molar-refractivity contribution in [1.29, 1.82) is 0 Å². The van der Waals surface area contributed by atoms with Crippen molar-refractivity contribution < 1.29 is 0 Å². The summed E-state index contributed by atoms with van der Waals surface area (Å²) in [6.07, 6.45) is 6.89. The second kappa shape index (κ2) is 6.79. The first kappa shape index (κ1) is 10.4. The quantitative estimate of drug-likeness (QED) is 0.664. The Labute approximate surface area is 80.7 Å². The molecule has 1 atom stereocenters. The van der Waals surface area contributed by atoms with Crippen LogP contribution in [-0.4, -0.2) is 24.1 Å². The minimum Gasteiger partial charge on any atom is -0.313 e. The molecular weight excluding hydrogens is 166 g/mol. The molecule has 0 bridgehead atoms. The van der Waals surface area contributed by atoms with Crippen molar-refractivity contribution in [3.8, 4) is 0 Å². The SMILES string of the molecule is CCCCCNC1CCCSC1. The van der Waals surface area contributed by atoms with Crippen molar-refractivity contribution in [2.45, 2.75) is 45.1 Å². The summed E-state index contributed by atoms with van der Waals surface area (Å²) in [5.41, 5.74) is 0. The molecule has 1 rings (SSSR count).